The Kier molecular flexibility index (Phi) is 4.64. The molecule has 5 rings (SSSR count). The van der Waals surface area contributed by atoms with E-state index in [1.54, 1.807) is 0 Å². The monoisotopic (exact) mass is 407 g/mol. The summed E-state index contributed by atoms with van der Waals surface area (Å²) in [6.07, 6.45) is 0. The van der Waals surface area contributed by atoms with Crippen LogP contribution in [0.3, 0.4) is 0 Å². The molecule has 0 fully saturated rings. The summed E-state index contributed by atoms with van der Waals surface area (Å²) in [7, 11) is 4.00. The van der Waals surface area contributed by atoms with Crippen LogP contribution < -0.4 is 10.2 Å². The van der Waals surface area contributed by atoms with E-state index in [-0.39, 0.29) is 5.91 Å². The highest BCUT2D eigenvalue weighted by molar-refractivity contribution is 6.13. The molecular formula is C26H21N3O2. The third-order valence-electron chi connectivity index (χ3n) is 5.31. The largest absolute Gasteiger partial charge is 0.436 e. The summed E-state index contributed by atoms with van der Waals surface area (Å²) in [5.74, 6) is 0.400. The van der Waals surface area contributed by atoms with Crippen molar-refractivity contribution in [1.29, 1.82) is 0 Å². The Morgan fingerprint density at radius 1 is 0.903 bits per heavy atom. The zero-order valence-electron chi connectivity index (χ0n) is 17.3. The van der Waals surface area contributed by atoms with Gasteiger partial charge in [0.25, 0.3) is 5.91 Å². The second-order valence-electron chi connectivity index (χ2n) is 7.62. The highest BCUT2D eigenvalue weighted by Gasteiger charge is 2.13. The van der Waals surface area contributed by atoms with Crippen LogP contribution in [0.15, 0.2) is 89.3 Å². The van der Waals surface area contributed by atoms with Crippen LogP contribution in [-0.2, 0) is 0 Å². The van der Waals surface area contributed by atoms with Crippen LogP contribution in [0, 0.1) is 0 Å². The van der Waals surface area contributed by atoms with Crippen LogP contribution in [0.5, 0.6) is 0 Å². The standard InChI is InChI=1S/C26H21N3O2/c1-29(2)20-13-10-18(11-14-20)26-28-23-16-19(12-15-24(23)31-26)27-25(30)22-9-5-7-17-6-3-4-8-21(17)22/h3-16H,1-2H3,(H,27,30). The molecule has 152 valence electrons. The number of rotatable bonds is 4. The fraction of sp³-hybridized carbons (Fsp3) is 0.0769. The van der Waals surface area contributed by atoms with Crippen molar-refractivity contribution in [2.24, 2.45) is 0 Å². The van der Waals surface area contributed by atoms with E-state index in [0.717, 1.165) is 22.0 Å². The Balaban J connectivity index is 1.43. The van der Waals surface area contributed by atoms with Gasteiger partial charge in [-0.25, -0.2) is 4.98 Å². The Labute approximate surface area is 179 Å². The summed E-state index contributed by atoms with van der Waals surface area (Å²) >= 11 is 0. The number of carbonyl (C=O) groups excluding carboxylic acids is 1. The molecule has 5 aromatic rings. The fourth-order valence-electron chi connectivity index (χ4n) is 3.65. The van der Waals surface area contributed by atoms with E-state index >= 15 is 0 Å². The second kappa shape index (κ2) is 7.61. The first-order chi connectivity index (χ1) is 15.1. The van der Waals surface area contributed by atoms with Gasteiger partial charge in [-0.15, -0.1) is 0 Å². The lowest BCUT2D eigenvalue weighted by molar-refractivity contribution is 0.102. The van der Waals surface area contributed by atoms with E-state index in [1.165, 1.54) is 0 Å². The van der Waals surface area contributed by atoms with E-state index in [9.17, 15) is 4.79 Å². The van der Waals surface area contributed by atoms with Gasteiger partial charge >= 0.3 is 0 Å². The van der Waals surface area contributed by atoms with E-state index in [1.807, 2.05) is 104 Å². The highest BCUT2D eigenvalue weighted by atomic mass is 16.3. The number of nitrogens with one attached hydrogen (secondary N) is 1. The molecule has 5 heteroatoms. The Morgan fingerprint density at radius 2 is 1.68 bits per heavy atom. The van der Waals surface area contributed by atoms with Crippen molar-refractivity contribution in [3.05, 3.63) is 90.5 Å². The Hall–Kier alpha value is -4.12. The number of hydrogen-bond donors (Lipinski definition) is 1. The van der Waals surface area contributed by atoms with Crippen molar-refractivity contribution in [2.45, 2.75) is 0 Å². The molecule has 0 aliphatic heterocycles. The lowest BCUT2D eigenvalue weighted by Gasteiger charge is -2.11. The molecule has 0 radical (unpaired) electrons. The topological polar surface area (TPSA) is 58.4 Å². The van der Waals surface area contributed by atoms with Crippen molar-refractivity contribution in [1.82, 2.24) is 4.98 Å². The maximum absolute atomic E-state index is 12.9. The van der Waals surface area contributed by atoms with Gasteiger partial charge in [0.15, 0.2) is 5.58 Å². The smallest absolute Gasteiger partial charge is 0.256 e. The number of hydrogen-bond acceptors (Lipinski definition) is 4. The van der Waals surface area contributed by atoms with Gasteiger partial charge in [0, 0.05) is 36.6 Å². The molecule has 1 N–H and O–H groups in total. The molecule has 1 heterocycles. The molecule has 0 aliphatic rings. The van der Waals surface area contributed by atoms with Crippen molar-refractivity contribution in [3.63, 3.8) is 0 Å². The average molecular weight is 407 g/mol. The van der Waals surface area contributed by atoms with E-state index in [2.05, 4.69) is 10.3 Å². The zero-order chi connectivity index (χ0) is 21.4. The SMILES string of the molecule is CN(C)c1ccc(-c2nc3cc(NC(=O)c4cccc5ccccc45)ccc3o2)cc1. The van der Waals surface area contributed by atoms with Gasteiger partial charge in [-0.1, -0.05) is 36.4 Å². The molecule has 0 saturated heterocycles. The molecule has 0 aliphatic carbocycles. The number of benzene rings is 4. The maximum atomic E-state index is 12.9. The van der Waals surface area contributed by atoms with Crippen LogP contribution in [0.2, 0.25) is 0 Å². The second-order valence-corrected chi connectivity index (χ2v) is 7.62. The summed E-state index contributed by atoms with van der Waals surface area (Å²) in [6.45, 7) is 0. The quantitative estimate of drug-likeness (QED) is 0.399. The molecule has 0 unspecified atom stereocenters. The minimum Gasteiger partial charge on any atom is -0.436 e. The van der Waals surface area contributed by atoms with E-state index < -0.39 is 0 Å². The third-order valence-corrected chi connectivity index (χ3v) is 5.31. The maximum Gasteiger partial charge on any atom is 0.256 e. The molecular weight excluding hydrogens is 386 g/mol. The molecule has 5 nitrogen and oxygen atoms in total. The molecule has 0 bridgehead atoms. The van der Waals surface area contributed by atoms with Gasteiger partial charge in [0.1, 0.15) is 5.52 Å². The van der Waals surface area contributed by atoms with Crippen molar-refractivity contribution in [2.75, 3.05) is 24.3 Å². The summed E-state index contributed by atoms with van der Waals surface area (Å²) in [5.41, 5.74) is 4.70. The predicted octanol–water partition coefficient (Wildman–Crippen LogP) is 5.97. The van der Waals surface area contributed by atoms with Gasteiger partial charge in [-0.2, -0.15) is 0 Å². The highest BCUT2D eigenvalue weighted by Crippen LogP contribution is 2.28. The van der Waals surface area contributed by atoms with Gasteiger partial charge in [-0.05, 0) is 59.3 Å². The van der Waals surface area contributed by atoms with Gasteiger partial charge in [-0.3, -0.25) is 4.79 Å². The number of carbonyl (C=O) groups is 1. The van der Waals surface area contributed by atoms with Crippen LogP contribution in [0.1, 0.15) is 10.4 Å². The summed E-state index contributed by atoms with van der Waals surface area (Å²) in [4.78, 5) is 19.6. The van der Waals surface area contributed by atoms with Crippen molar-refractivity contribution >= 4 is 39.2 Å². The zero-order valence-corrected chi connectivity index (χ0v) is 17.3. The minimum atomic E-state index is -0.154. The van der Waals surface area contributed by atoms with E-state index in [0.29, 0.717) is 28.2 Å². The number of anilines is 2. The summed E-state index contributed by atoms with van der Waals surface area (Å²) in [6, 6.07) is 27.1. The number of fused-ring (bicyclic) bond motifs is 2. The third kappa shape index (κ3) is 3.62. The lowest BCUT2D eigenvalue weighted by atomic mass is 10.0. The molecule has 4 aromatic carbocycles. The number of nitrogens with zero attached hydrogens (tertiary/aromatic N) is 2. The lowest BCUT2D eigenvalue weighted by Crippen LogP contribution is -2.12. The van der Waals surface area contributed by atoms with Crippen LogP contribution in [0.4, 0.5) is 11.4 Å². The average Bonchev–Trinajstić information content (AvgIpc) is 3.22. The minimum absolute atomic E-state index is 0.154. The fourth-order valence-corrected chi connectivity index (χ4v) is 3.65. The molecule has 1 amide bonds. The molecule has 0 spiro atoms. The van der Waals surface area contributed by atoms with Crippen molar-refractivity contribution < 1.29 is 9.21 Å². The molecule has 0 atom stereocenters. The number of aromatic nitrogens is 1. The van der Waals surface area contributed by atoms with Crippen molar-refractivity contribution in [3.8, 4) is 11.5 Å². The molecule has 1 aromatic heterocycles. The molecule has 31 heavy (non-hydrogen) atoms. The van der Waals surface area contributed by atoms with Crippen LogP contribution >= 0.6 is 0 Å². The normalized spacial score (nSPS) is 11.0. The Bertz CT molecular complexity index is 1400. The van der Waals surface area contributed by atoms with E-state index in [4.69, 9.17) is 4.42 Å². The van der Waals surface area contributed by atoms with Gasteiger partial charge in [0.05, 0.1) is 0 Å². The summed E-state index contributed by atoms with van der Waals surface area (Å²) in [5, 5.41) is 4.94. The predicted molar refractivity (Wildman–Crippen MR) is 126 cm³/mol. The first kappa shape index (κ1) is 18.9. The number of amides is 1. The first-order valence-electron chi connectivity index (χ1n) is 10.1. The number of oxazole rings is 1. The van der Waals surface area contributed by atoms with Gasteiger partial charge < -0.3 is 14.6 Å². The van der Waals surface area contributed by atoms with Crippen LogP contribution in [0.25, 0.3) is 33.3 Å². The first-order valence-corrected chi connectivity index (χ1v) is 10.1. The van der Waals surface area contributed by atoms with Crippen LogP contribution in [-0.4, -0.2) is 25.0 Å². The Morgan fingerprint density at radius 3 is 2.48 bits per heavy atom. The van der Waals surface area contributed by atoms with Gasteiger partial charge in [0.2, 0.25) is 5.89 Å². The summed E-state index contributed by atoms with van der Waals surface area (Å²) < 4.78 is 5.92. The molecule has 0 saturated carbocycles.